The highest BCUT2D eigenvalue weighted by atomic mass is 32.2. The van der Waals surface area contributed by atoms with Gasteiger partial charge in [0.15, 0.2) is 0 Å². The maximum Gasteiger partial charge on any atom is 0.291 e. The summed E-state index contributed by atoms with van der Waals surface area (Å²) >= 11 is 1.10. The van der Waals surface area contributed by atoms with Crippen LogP contribution in [-0.2, 0) is 0 Å². The monoisotopic (exact) mass is 156 g/mol. The van der Waals surface area contributed by atoms with E-state index in [1.165, 1.54) is 0 Å². The zero-order valence-corrected chi connectivity index (χ0v) is 5.90. The molecule has 1 heterocycles. The second kappa shape index (κ2) is 2.16. The van der Waals surface area contributed by atoms with E-state index in [4.69, 9.17) is 4.74 Å². The summed E-state index contributed by atoms with van der Waals surface area (Å²) in [6, 6.07) is 7.31. The molecule has 1 atom stereocenters. The normalized spacial score (nSPS) is 21.9. The van der Waals surface area contributed by atoms with Gasteiger partial charge in [0.2, 0.25) is 0 Å². The van der Waals surface area contributed by atoms with Gasteiger partial charge in [0.1, 0.15) is 5.75 Å². The molecule has 1 nitrogen and oxygen atoms in total. The molecule has 0 aromatic heterocycles. The lowest BCUT2D eigenvalue weighted by molar-refractivity contribution is 0.161. The first kappa shape index (κ1) is 6.04. The van der Waals surface area contributed by atoms with Crippen LogP contribution in [0, 0.1) is 0 Å². The van der Waals surface area contributed by atoms with Gasteiger partial charge in [0.05, 0.1) is 4.90 Å². The van der Waals surface area contributed by atoms with Crippen molar-refractivity contribution in [3.05, 3.63) is 24.3 Å². The van der Waals surface area contributed by atoms with E-state index in [9.17, 15) is 4.39 Å². The van der Waals surface area contributed by atoms with Gasteiger partial charge in [-0.05, 0) is 23.9 Å². The fourth-order valence-corrected chi connectivity index (χ4v) is 1.61. The molecule has 2 rings (SSSR count). The molecule has 1 aliphatic rings. The SMILES string of the molecule is F[C@@H]1Oc2ccccc2S1. The lowest BCUT2D eigenvalue weighted by atomic mass is 10.3. The van der Waals surface area contributed by atoms with Crippen LogP contribution in [0.4, 0.5) is 4.39 Å². The van der Waals surface area contributed by atoms with Gasteiger partial charge < -0.3 is 4.74 Å². The first-order valence-corrected chi connectivity index (χ1v) is 3.80. The number of ether oxygens (including phenoxy) is 1. The summed E-state index contributed by atoms with van der Waals surface area (Å²) in [5.41, 5.74) is -1.21. The van der Waals surface area contributed by atoms with E-state index in [0.717, 1.165) is 16.7 Å². The van der Waals surface area contributed by atoms with Crippen molar-refractivity contribution in [2.45, 2.75) is 10.6 Å². The van der Waals surface area contributed by atoms with E-state index in [0.29, 0.717) is 5.75 Å². The number of alkyl halides is 1. The van der Waals surface area contributed by atoms with Crippen molar-refractivity contribution in [2.24, 2.45) is 0 Å². The van der Waals surface area contributed by atoms with Gasteiger partial charge in [-0.15, -0.1) is 0 Å². The Hall–Kier alpha value is -0.700. The topological polar surface area (TPSA) is 9.23 Å². The Morgan fingerprint density at radius 2 is 2.20 bits per heavy atom. The molecule has 1 aromatic rings. The predicted octanol–water partition coefficient (Wildman–Crippen LogP) is 2.42. The van der Waals surface area contributed by atoms with Gasteiger partial charge in [-0.2, -0.15) is 4.39 Å². The van der Waals surface area contributed by atoms with E-state index in [1.807, 2.05) is 18.2 Å². The predicted molar refractivity (Wildman–Crippen MR) is 37.8 cm³/mol. The van der Waals surface area contributed by atoms with Gasteiger partial charge in [-0.25, -0.2) is 0 Å². The fraction of sp³-hybridized carbons (Fsp3) is 0.143. The number of hydrogen-bond acceptors (Lipinski definition) is 2. The third kappa shape index (κ3) is 0.865. The average Bonchev–Trinajstić information content (AvgIpc) is 2.27. The number of thioether (sulfide) groups is 1. The highest BCUT2D eigenvalue weighted by Crippen LogP contribution is 2.40. The molecule has 0 saturated carbocycles. The molecule has 0 saturated heterocycles. The maximum atomic E-state index is 12.5. The Bertz CT molecular complexity index is 226. The van der Waals surface area contributed by atoms with Crippen LogP contribution in [0.5, 0.6) is 5.75 Å². The molecule has 0 N–H and O–H groups in total. The zero-order valence-electron chi connectivity index (χ0n) is 5.08. The molecule has 3 heteroatoms. The van der Waals surface area contributed by atoms with E-state index >= 15 is 0 Å². The van der Waals surface area contributed by atoms with Crippen LogP contribution in [0.1, 0.15) is 0 Å². The van der Waals surface area contributed by atoms with Crippen LogP contribution in [-0.4, -0.2) is 5.69 Å². The second-order valence-electron chi connectivity index (χ2n) is 1.96. The number of para-hydroxylation sites is 1. The highest BCUT2D eigenvalue weighted by molar-refractivity contribution is 8.00. The molecule has 0 aliphatic carbocycles. The first-order chi connectivity index (χ1) is 4.86. The van der Waals surface area contributed by atoms with Crippen LogP contribution >= 0.6 is 11.8 Å². The number of fused-ring (bicyclic) bond motifs is 1. The average molecular weight is 156 g/mol. The van der Waals surface area contributed by atoms with Gasteiger partial charge in [-0.3, -0.25) is 0 Å². The lowest BCUT2D eigenvalue weighted by Crippen LogP contribution is -1.95. The minimum absolute atomic E-state index is 0.653. The van der Waals surface area contributed by atoms with Crippen molar-refractivity contribution in [1.82, 2.24) is 0 Å². The smallest absolute Gasteiger partial charge is 0.291 e. The van der Waals surface area contributed by atoms with Gasteiger partial charge >= 0.3 is 0 Å². The molecular formula is C7H5FOS. The summed E-state index contributed by atoms with van der Waals surface area (Å²) in [7, 11) is 0. The summed E-state index contributed by atoms with van der Waals surface area (Å²) in [5, 5.41) is 0. The number of rotatable bonds is 0. The minimum Gasteiger partial charge on any atom is -0.450 e. The van der Waals surface area contributed by atoms with Crippen molar-refractivity contribution in [2.75, 3.05) is 0 Å². The number of hydrogen-bond donors (Lipinski definition) is 0. The third-order valence-corrected chi connectivity index (χ3v) is 2.16. The van der Waals surface area contributed by atoms with Crippen LogP contribution in [0.3, 0.4) is 0 Å². The number of halogens is 1. The largest absolute Gasteiger partial charge is 0.450 e. The number of benzene rings is 1. The Morgan fingerprint density at radius 3 is 3.00 bits per heavy atom. The molecule has 1 aromatic carbocycles. The van der Waals surface area contributed by atoms with Crippen molar-refractivity contribution in [1.29, 1.82) is 0 Å². The molecule has 52 valence electrons. The Kier molecular flexibility index (Phi) is 1.31. The molecule has 0 amide bonds. The third-order valence-electron chi connectivity index (χ3n) is 1.29. The van der Waals surface area contributed by atoms with Crippen molar-refractivity contribution in [3.8, 4) is 5.75 Å². The van der Waals surface area contributed by atoms with Crippen molar-refractivity contribution < 1.29 is 9.13 Å². The summed E-state index contributed by atoms with van der Waals surface area (Å²) in [4.78, 5) is 0.884. The standard InChI is InChI=1S/C7H5FOS/c8-7-9-5-3-1-2-4-6(5)10-7/h1-4,7H/t7-/m1/s1. The summed E-state index contributed by atoms with van der Waals surface area (Å²) in [6.45, 7) is 0. The Morgan fingerprint density at radius 1 is 1.40 bits per heavy atom. The molecule has 0 unspecified atom stereocenters. The van der Waals surface area contributed by atoms with Gasteiger partial charge in [0, 0.05) is 0 Å². The molecular weight excluding hydrogens is 151 g/mol. The molecule has 0 radical (unpaired) electrons. The Labute approximate surface area is 62.2 Å². The van der Waals surface area contributed by atoms with E-state index in [1.54, 1.807) is 6.07 Å². The minimum atomic E-state index is -1.21. The van der Waals surface area contributed by atoms with E-state index in [2.05, 4.69) is 0 Å². The van der Waals surface area contributed by atoms with Gasteiger partial charge in [-0.1, -0.05) is 12.1 Å². The Balaban J connectivity index is 2.42. The molecule has 1 aliphatic heterocycles. The lowest BCUT2D eigenvalue weighted by Gasteiger charge is -1.95. The van der Waals surface area contributed by atoms with E-state index in [-0.39, 0.29) is 0 Å². The van der Waals surface area contributed by atoms with Crippen molar-refractivity contribution in [3.63, 3.8) is 0 Å². The quantitative estimate of drug-likeness (QED) is 0.570. The summed E-state index contributed by atoms with van der Waals surface area (Å²) < 4.78 is 17.3. The molecule has 10 heavy (non-hydrogen) atoms. The molecule has 0 bridgehead atoms. The van der Waals surface area contributed by atoms with E-state index < -0.39 is 5.69 Å². The maximum absolute atomic E-state index is 12.5. The molecule has 0 spiro atoms. The zero-order chi connectivity index (χ0) is 6.97. The van der Waals surface area contributed by atoms with Crippen LogP contribution < -0.4 is 4.74 Å². The fourth-order valence-electron chi connectivity index (χ4n) is 0.869. The van der Waals surface area contributed by atoms with Crippen molar-refractivity contribution >= 4 is 11.8 Å². The highest BCUT2D eigenvalue weighted by Gasteiger charge is 2.21. The summed E-state index contributed by atoms with van der Waals surface area (Å²) in [6.07, 6.45) is 0. The van der Waals surface area contributed by atoms with Gasteiger partial charge in [0.25, 0.3) is 5.69 Å². The second-order valence-corrected chi connectivity index (χ2v) is 3.00. The van der Waals surface area contributed by atoms with Crippen LogP contribution in [0.25, 0.3) is 0 Å². The van der Waals surface area contributed by atoms with Crippen LogP contribution in [0.15, 0.2) is 29.2 Å². The van der Waals surface area contributed by atoms with Crippen LogP contribution in [0.2, 0.25) is 0 Å². The first-order valence-electron chi connectivity index (χ1n) is 2.93. The summed E-state index contributed by atoms with van der Waals surface area (Å²) in [5.74, 6) is 0.653. The molecule has 0 fully saturated rings.